The minimum absolute atomic E-state index is 0.624. The topological polar surface area (TPSA) is 32.5 Å². The number of hydrogen-bond acceptors (Lipinski definition) is 4. The van der Waals surface area contributed by atoms with Crippen LogP contribution in [0, 0.1) is 5.92 Å². The molecule has 0 atom stereocenters. The van der Waals surface area contributed by atoms with E-state index < -0.39 is 0 Å². The van der Waals surface area contributed by atoms with Crippen molar-refractivity contribution in [3.63, 3.8) is 0 Å². The normalized spacial score (nSPS) is 16.9. The fourth-order valence-electron chi connectivity index (χ4n) is 2.93. The van der Waals surface area contributed by atoms with Crippen LogP contribution in [0.2, 0.25) is 0 Å². The van der Waals surface area contributed by atoms with Crippen molar-refractivity contribution < 1.29 is 0 Å². The second-order valence-electron chi connectivity index (χ2n) is 5.84. The number of anilines is 1. The predicted molar refractivity (Wildman–Crippen MR) is 89.6 cm³/mol. The van der Waals surface area contributed by atoms with E-state index >= 15 is 0 Å². The molecule has 2 N–H and O–H groups in total. The molecule has 0 aliphatic carbocycles. The third-order valence-corrected chi connectivity index (χ3v) is 4.69. The fraction of sp³-hybridized carbons (Fsp3) is 0.625. The first kappa shape index (κ1) is 15.7. The number of piperazine rings is 1. The highest BCUT2D eigenvalue weighted by atomic mass is 32.2. The zero-order valence-corrected chi connectivity index (χ0v) is 13.7. The summed E-state index contributed by atoms with van der Waals surface area (Å²) < 4.78 is 0. The summed E-state index contributed by atoms with van der Waals surface area (Å²) in [5, 5.41) is 0. The lowest BCUT2D eigenvalue weighted by atomic mass is 10.1. The van der Waals surface area contributed by atoms with Crippen molar-refractivity contribution in [1.29, 1.82) is 0 Å². The summed E-state index contributed by atoms with van der Waals surface area (Å²) in [4.78, 5) is 6.38. The van der Waals surface area contributed by atoms with Gasteiger partial charge in [0.05, 0.1) is 0 Å². The number of thioether (sulfide) groups is 1. The van der Waals surface area contributed by atoms with Gasteiger partial charge in [-0.1, -0.05) is 19.9 Å². The Bertz CT molecular complexity index is 426. The van der Waals surface area contributed by atoms with Crippen LogP contribution in [0.1, 0.15) is 19.4 Å². The Hall–Kier alpha value is -0.710. The summed E-state index contributed by atoms with van der Waals surface area (Å²) in [5.41, 5.74) is 8.62. The van der Waals surface area contributed by atoms with Gasteiger partial charge in [-0.25, -0.2) is 0 Å². The Balaban J connectivity index is 2.07. The molecule has 3 nitrogen and oxygen atoms in total. The van der Waals surface area contributed by atoms with Crippen LogP contribution >= 0.6 is 11.8 Å². The van der Waals surface area contributed by atoms with E-state index in [1.54, 1.807) is 11.8 Å². The van der Waals surface area contributed by atoms with E-state index in [2.05, 4.69) is 48.1 Å². The molecule has 1 fully saturated rings. The van der Waals surface area contributed by atoms with Crippen LogP contribution < -0.4 is 10.6 Å². The van der Waals surface area contributed by atoms with E-state index in [0.717, 1.165) is 32.1 Å². The highest BCUT2D eigenvalue weighted by molar-refractivity contribution is 7.98. The maximum atomic E-state index is 5.98. The Kier molecular flexibility index (Phi) is 5.75. The van der Waals surface area contributed by atoms with Crippen LogP contribution in [0.25, 0.3) is 0 Å². The van der Waals surface area contributed by atoms with Gasteiger partial charge >= 0.3 is 0 Å². The van der Waals surface area contributed by atoms with Crippen molar-refractivity contribution in [2.75, 3.05) is 43.9 Å². The minimum Gasteiger partial charge on any atom is -0.369 e. The van der Waals surface area contributed by atoms with Crippen LogP contribution in [-0.4, -0.2) is 43.9 Å². The first-order valence-electron chi connectivity index (χ1n) is 7.49. The molecule has 2 rings (SSSR count). The molecule has 0 radical (unpaired) electrons. The van der Waals surface area contributed by atoms with Crippen molar-refractivity contribution in [3.8, 4) is 0 Å². The summed E-state index contributed by atoms with van der Waals surface area (Å²) in [6.07, 6.45) is 2.12. The van der Waals surface area contributed by atoms with Gasteiger partial charge in [0.25, 0.3) is 0 Å². The molecule has 1 aromatic rings. The van der Waals surface area contributed by atoms with Crippen LogP contribution in [0.4, 0.5) is 5.69 Å². The number of hydrogen-bond donors (Lipinski definition) is 1. The van der Waals surface area contributed by atoms with Gasteiger partial charge in [0.1, 0.15) is 0 Å². The molecule has 1 aliphatic heterocycles. The number of rotatable bonds is 5. The predicted octanol–water partition coefficient (Wildman–Crippen LogP) is 2.65. The van der Waals surface area contributed by atoms with E-state index in [4.69, 9.17) is 5.73 Å². The molecule has 1 aliphatic rings. The molecular formula is C16H27N3S. The molecule has 0 aromatic heterocycles. The maximum absolute atomic E-state index is 5.98. The lowest BCUT2D eigenvalue weighted by Gasteiger charge is -2.37. The van der Waals surface area contributed by atoms with E-state index in [9.17, 15) is 0 Å². The molecule has 1 aromatic carbocycles. The Morgan fingerprint density at radius 3 is 2.45 bits per heavy atom. The summed E-state index contributed by atoms with van der Waals surface area (Å²) in [7, 11) is 0. The van der Waals surface area contributed by atoms with Gasteiger partial charge < -0.3 is 10.6 Å². The highest BCUT2D eigenvalue weighted by Crippen LogP contribution is 2.30. The zero-order valence-electron chi connectivity index (χ0n) is 12.9. The molecule has 0 amide bonds. The molecule has 1 saturated heterocycles. The second kappa shape index (κ2) is 7.34. The fourth-order valence-corrected chi connectivity index (χ4v) is 3.58. The number of nitrogens with two attached hydrogens (primary N) is 1. The summed E-state index contributed by atoms with van der Waals surface area (Å²) in [5.74, 6) is 0.751. The first-order chi connectivity index (χ1) is 9.65. The zero-order chi connectivity index (χ0) is 14.5. The Labute approximate surface area is 127 Å². The van der Waals surface area contributed by atoms with Gasteiger partial charge in [-0.15, -0.1) is 11.8 Å². The van der Waals surface area contributed by atoms with Gasteiger partial charge in [0.2, 0.25) is 0 Å². The SMILES string of the molecule is CSc1cccc(N2CCN(CC(C)C)CC2)c1CN. The van der Waals surface area contributed by atoms with Gasteiger partial charge in [-0.05, 0) is 24.3 Å². The standard InChI is InChI=1S/C16H27N3S/c1-13(2)12-18-7-9-19(10-8-18)15-5-4-6-16(20-3)14(15)11-17/h4-6,13H,7-12,17H2,1-3H3. The molecule has 0 spiro atoms. The molecule has 0 unspecified atom stereocenters. The maximum Gasteiger partial charge on any atom is 0.0423 e. The van der Waals surface area contributed by atoms with Crippen molar-refractivity contribution in [3.05, 3.63) is 23.8 Å². The number of nitrogens with zero attached hydrogens (tertiary/aromatic N) is 2. The Morgan fingerprint density at radius 1 is 1.20 bits per heavy atom. The third-order valence-electron chi connectivity index (χ3n) is 3.87. The van der Waals surface area contributed by atoms with E-state index in [1.165, 1.54) is 22.7 Å². The Morgan fingerprint density at radius 2 is 1.90 bits per heavy atom. The average molecular weight is 293 g/mol. The average Bonchev–Trinajstić information content (AvgIpc) is 2.46. The van der Waals surface area contributed by atoms with Crippen LogP contribution in [-0.2, 0) is 6.54 Å². The summed E-state index contributed by atoms with van der Waals surface area (Å²) in [6, 6.07) is 6.55. The first-order valence-corrected chi connectivity index (χ1v) is 8.71. The summed E-state index contributed by atoms with van der Waals surface area (Å²) in [6.45, 7) is 11.0. The number of benzene rings is 1. The second-order valence-corrected chi connectivity index (χ2v) is 6.69. The van der Waals surface area contributed by atoms with Gasteiger partial charge in [-0.2, -0.15) is 0 Å². The molecule has 20 heavy (non-hydrogen) atoms. The third kappa shape index (κ3) is 3.68. The molecule has 1 heterocycles. The van der Waals surface area contributed by atoms with Crippen LogP contribution in [0.15, 0.2) is 23.1 Å². The smallest absolute Gasteiger partial charge is 0.0423 e. The lowest BCUT2D eigenvalue weighted by molar-refractivity contribution is 0.231. The van der Waals surface area contributed by atoms with Crippen molar-refractivity contribution in [1.82, 2.24) is 4.90 Å². The van der Waals surface area contributed by atoms with E-state index in [0.29, 0.717) is 6.54 Å². The van der Waals surface area contributed by atoms with Gasteiger partial charge in [0, 0.05) is 55.4 Å². The van der Waals surface area contributed by atoms with Crippen molar-refractivity contribution in [2.45, 2.75) is 25.3 Å². The molecule has 4 heteroatoms. The quantitative estimate of drug-likeness (QED) is 0.846. The van der Waals surface area contributed by atoms with Crippen LogP contribution in [0.3, 0.4) is 0 Å². The largest absolute Gasteiger partial charge is 0.369 e. The highest BCUT2D eigenvalue weighted by Gasteiger charge is 2.20. The molecule has 112 valence electrons. The molecule has 0 saturated carbocycles. The van der Waals surface area contributed by atoms with Crippen LogP contribution in [0.5, 0.6) is 0 Å². The molecular weight excluding hydrogens is 266 g/mol. The monoisotopic (exact) mass is 293 g/mol. The lowest BCUT2D eigenvalue weighted by Crippen LogP contribution is -2.47. The van der Waals surface area contributed by atoms with E-state index in [1.807, 2.05) is 0 Å². The van der Waals surface area contributed by atoms with Crippen molar-refractivity contribution >= 4 is 17.4 Å². The minimum atomic E-state index is 0.624. The van der Waals surface area contributed by atoms with Gasteiger partial charge in [0.15, 0.2) is 0 Å². The summed E-state index contributed by atoms with van der Waals surface area (Å²) >= 11 is 1.79. The van der Waals surface area contributed by atoms with Crippen molar-refractivity contribution in [2.24, 2.45) is 11.7 Å². The van der Waals surface area contributed by atoms with Gasteiger partial charge in [-0.3, -0.25) is 4.90 Å². The van der Waals surface area contributed by atoms with E-state index in [-0.39, 0.29) is 0 Å². The molecule has 0 bridgehead atoms.